The average molecular weight is 512 g/mol. The highest BCUT2D eigenvalue weighted by molar-refractivity contribution is 7.15. The Morgan fingerprint density at radius 2 is 1.97 bits per heavy atom. The zero-order valence-electron chi connectivity index (χ0n) is 19.8. The highest BCUT2D eigenvalue weighted by Gasteiger charge is 2.41. The smallest absolute Gasteiger partial charge is 0.365 e. The van der Waals surface area contributed by atoms with Crippen molar-refractivity contribution in [3.8, 4) is 10.4 Å². The quantitative estimate of drug-likeness (QED) is 0.394. The van der Waals surface area contributed by atoms with Crippen LogP contribution in [0, 0.1) is 18.6 Å². The molecule has 1 fully saturated rings. The number of fused-ring (bicyclic) bond motifs is 1. The van der Waals surface area contributed by atoms with Gasteiger partial charge in [-0.2, -0.15) is 0 Å². The van der Waals surface area contributed by atoms with E-state index >= 15 is 0 Å². The van der Waals surface area contributed by atoms with Crippen molar-refractivity contribution < 1.29 is 27.3 Å². The van der Waals surface area contributed by atoms with E-state index in [9.17, 15) is 18.4 Å². The molecular formula is C26H25F2N4O3S+. The van der Waals surface area contributed by atoms with Gasteiger partial charge in [0.25, 0.3) is 5.91 Å². The molecule has 2 atom stereocenters. The summed E-state index contributed by atoms with van der Waals surface area (Å²) < 4.78 is 32.9. The van der Waals surface area contributed by atoms with Crippen LogP contribution in [0.2, 0.25) is 0 Å². The summed E-state index contributed by atoms with van der Waals surface area (Å²) in [5, 5.41) is 7.46. The van der Waals surface area contributed by atoms with Crippen LogP contribution in [0.4, 0.5) is 8.78 Å². The minimum Gasteiger partial charge on any atom is -0.464 e. The second kappa shape index (κ2) is 9.53. The van der Waals surface area contributed by atoms with Crippen LogP contribution in [0.3, 0.4) is 0 Å². The van der Waals surface area contributed by atoms with Crippen molar-refractivity contribution in [1.29, 1.82) is 0 Å². The van der Waals surface area contributed by atoms with Gasteiger partial charge in [-0.25, -0.2) is 18.6 Å². The van der Waals surface area contributed by atoms with Crippen molar-refractivity contribution in [2.75, 3.05) is 33.2 Å². The van der Waals surface area contributed by atoms with Crippen LogP contribution in [0.5, 0.6) is 0 Å². The summed E-state index contributed by atoms with van der Waals surface area (Å²) in [4.78, 5) is 31.8. The lowest BCUT2D eigenvalue weighted by atomic mass is 10.1. The van der Waals surface area contributed by atoms with Crippen molar-refractivity contribution in [2.45, 2.75) is 13.0 Å². The van der Waals surface area contributed by atoms with Gasteiger partial charge in [0, 0.05) is 18.5 Å². The number of likely N-dealkylation sites (N-methyl/N-ethyl adjacent to an activating group) is 1. The Balaban J connectivity index is 1.31. The Labute approximate surface area is 210 Å². The van der Waals surface area contributed by atoms with E-state index in [1.165, 1.54) is 35.8 Å². The number of quaternary nitrogens is 1. The topological polar surface area (TPSA) is 84.2 Å². The van der Waals surface area contributed by atoms with Gasteiger partial charge in [-0.15, -0.1) is 11.3 Å². The lowest BCUT2D eigenvalue weighted by Gasteiger charge is -2.39. The first-order chi connectivity index (χ1) is 17.2. The molecular weight excluding hydrogens is 486 g/mol. The predicted molar refractivity (Wildman–Crippen MR) is 133 cm³/mol. The van der Waals surface area contributed by atoms with E-state index in [4.69, 9.17) is 4.42 Å². The molecule has 3 heterocycles. The summed E-state index contributed by atoms with van der Waals surface area (Å²) in [5.41, 5.74) is 1.57. The van der Waals surface area contributed by atoms with Crippen molar-refractivity contribution in [1.82, 2.24) is 15.6 Å². The molecule has 1 aliphatic heterocycles. The van der Waals surface area contributed by atoms with Gasteiger partial charge in [-0.1, -0.05) is 12.1 Å². The molecule has 7 nitrogen and oxygen atoms in total. The van der Waals surface area contributed by atoms with Gasteiger partial charge in [-0.05, 0) is 42.8 Å². The Morgan fingerprint density at radius 1 is 1.19 bits per heavy atom. The van der Waals surface area contributed by atoms with Crippen molar-refractivity contribution in [3.05, 3.63) is 76.6 Å². The molecule has 4 aromatic rings. The number of rotatable bonds is 5. The third-order valence-corrected chi connectivity index (χ3v) is 7.48. The van der Waals surface area contributed by atoms with Gasteiger partial charge in [0.1, 0.15) is 23.8 Å². The fourth-order valence-corrected chi connectivity index (χ4v) is 5.54. The SMILES string of the molecule is Cc1nc(C(=O)[N+]2(C)CCNC(CNC(=O)c3cc(F)cc4ccoc34)C2)c(-c2ccc(F)cc2)s1. The van der Waals surface area contributed by atoms with Gasteiger partial charge >= 0.3 is 5.91 Å². The first kappa shape index (κ1) is 24.2. The summed E-state index contributed by atoms with van der Waals surface area (Å²) in [6.07, 6.45) is 1.42. The molecule has 0 spiro atoms. The maximum Gasteiger partial charge on any atom is 0.365 e. The number of carbonyl (C=O) groups excluding carboxylic acids is 2. The number of benzene rings is 2. The third-order valence-electron chi connectivity index (χ3n) is 6.46. The molecule has 1 saturated heterocycles. The van der Waals surface area contributed by atoms with Crippen LogP contribution in [0.25, 0.3) is 21.4 Å². The van der Waals surface area contributed by atoms with Crippen LogP contribution in [0.15, 0.2) is 53.1 Å². The largest absolute Gasteiger partial charge is 0.464 e. The van der Waals surface area contributed by atoms with Gasteiger partial charge in [0.05, 0.1) is 41.3 Å². The number of aryl methyl sites for hydroxylation is 1. The van der Waals surface area contributed by atoms with E-state index in [0.29, 0.717) is 41.2 Å². The first-order valence-electron chi connectivity index (χ1n) is 11.5. The van der Waals surface area contributed by atoms with Crippen LogP contribution < -0.4 is 10.6 Å². The van der Waals surface area contributed by atoms with Crippen molar-refractivity contribution in [3.63, 3.8) is 0 Å². The molecule has 2 N–H and O–H groups in total. The van der Waals surface area contributed by atoms with Gasteiger partial charge < -0.3 is 15.1 Å². The first-order valence-corrected chi connectivity index (χ1v) is 12.4. The number of halogens is 2. The second-order valence-electron chi connectivity index (χ2n) is 9.18. The fourth-order valence-electron chi connectivity index (χ4n) is 4.63. The highest BCUT2D eigenvalue weighted by Crippen LogP contribution is 2.32. The minimum atomic E-state index is -0.518. The van der Waals surface area contributed by atoms with E-state index in [0.717, 1.165) is 16.6 Å². The molecule has 0 radical (unpaired) electrons. The number of furan rings is 1. The van der Waals surface area contributed by atoms with Crippen LogP contribution >= 0.6 is 11.3 Å². The van der Waals surface area contributed by atoms with Crippen molar-refractivity contribution >= 4 is 34.1 Å². The molecule has 2 aromatic heterocycles. The predicted octanol–water partition coefficient (Wildman–Crippen LogP) is 4.13. The highest BCUT2D eigenvalue weighted by atomic mass is 32.1. The van der Waals surface area contributed by atoms with Crippen LogP contribution in [0.1, 0.15) is 25.9 Å². The second-order valence-corrected chi connectivity index (χ2v) is 10.4. The maximum absolute atomic E-state index is 14.0. The zero-order valence-corrected chi connectivity index (χ0v) is 20.6. The Morgan fingerprint density at radius 3 is 2.75 bits per heavy atom. The number of carbonyl (C=O) groups is 2. The standard InChI is InChI=1S/C26H24F2N4O3S/c1-15-31-22(24(36-15)16-3-5-18(27)6-4-16)26(34)32(2)9-8-29-20(14-32)13-30-25(33)21-12-19(28)11-17-7-10-35-23(17)21/h3-7,10-12,20,29H,8-9,13-14H2,1-2H3/p+1. The summed E-state index contributed by atoms with van der Waals surface area (Å²) >= 11 is 1.40. The van der Waals surface area contributed by atoms with E-state index in [1.54, 1.807) is 18.2 Å². The summed E-state index contributed by atoms with van der Waals surface area (Å²) in [6.45, 7) is 3.64. The van der Waals surface area contributed by atoms with Crippen molar-refractivity contribution in [2.24, 2.45) is 0 Å². The molecule has 1 aliphatic rings. The minimum absolute atomic E-state index is 0.104. The van der Waals surface area contributed by atoms with E-state index in [2.05, 4.69) is 15.6 Å². The van der Waals surface area contributed by atoms with E-state index in [1.807, 2.05) is 14.0 Å². The monoisotopic (exact) mass is 511 g/mol. The Bertz CT molecular complexity index is 1450. The number of piperazine rings is 1. The third kappa shape index (κ3) is 4.67. The normalized spacial score (nSPS) is 19.9. The summed E-state index contributed by atoms with van der Waals surface area (Å²) in [5.74, 6) is -1.44. The molecule has 5 rings (SSSR count). The number of thiazole rings is 1. The Hall–Kier alpha value is -3.47. The van der Waals surface area contributed by atoms with Crippen LogP contribution in [-0.4, -0.2) is 60.5 Å². The lowest BCUT2D eigenvalue weighted by Crippen LogP contribution is -2.65. The number of hydrogen-bond acceptors (Lipinski definition) is 6. The summed E-state index contributed by atoms with van der Waals surface area (Å²) in [6, 6.07) is 9.92. The molecule has 186 valence electrons. The molecule has 36 heavy (non-hydrogen) atoms. The van der Waals surface area contributed by atoms with E-state index in [-0.39, 0.29) is 34.4 Å². The molecule has 0 bridgehead atoms. The van der Waals surface area contributed by atoms with Crippen LogP contribution in [-0.2, 0) is 0 Å². The van der Waals surface area contributed by atoms with E-state index < -0.39 is 11.7 Å². The molecule has 2 aromatic carbocycles. The van der Waals surface area contributed by atoms with Gasteiger partial charge in [-0.3, -0.25) is 9.28 Å². The number of amides is 2. The lowest BCUT2D eigenvalue weighted by molar-refractivity contribution is -0.833. The zero-order chi connectivity index (χ0) is 25.4. The fraction of sp³-hybridized carbons (Fsp3) is 0.269. The number of nitrogens with one attached hydrogen (secondary N) is 2. The molecule has 10 heteroatoms. The molecule has 2 unspecified atom stereocenters. The molecule has 0 saturated carbocycles. The number of hydrogen-bond donors (Lipinski definition) is 2. The number of nitrogens with zero attached hydrogens (tertiary/aromatic N) is 2. The van der Waals surface area contributed by atoms with Gasteiger partial charge in [0.15, 0.2) is 5.69 Å². The van der Waals surface area contributed by atoms with Gasteiger partial charge in [0.2, 0.25) is 0 Å². The maximum atomic E-state index is 14.0. The number of aromatic nitrogens is 1. The molecule has 2 amide bonds. The Kier molecular flexibility index (Phi) is 6.42. The average Bonchev–Trinajstić information content (AvgIpc) is 3.48. The molecule has 0 aliphatic carbocycles. The summed E-state index contributed by atoms with van der Waals surface area (Å²) in [7, 11) is 1.86.